The molecule has 152 valence electrons. The second kappa shape index (κ2) is 8.23. The molecule has 5 heteroatoms. The van der Waals surface area contributed by atoms with Crippen LogP contribution in [0.25, 0.3) is 0 Å². The number of carbonyl (C=O) groups is 2. The van der Waals surface area contributed by atoms with Crippen LogP contribution in [0.3, 0.4) is 0 Å². The van der Waals surface area contributed by atoms with Crippen molar-refractivity contribution in [2.24, 2.45) is 0 Å². The zero-order chi connectivity index (χ0) is 20.4. The Kier molecular flexibility index (Phi) is 5.68. The molecule has 4 rings (SSSR count). The van der Waals surface area contributed by atoms with Crippen LogP contribution in [0.4, 0.5) is 5.69 Å². The number of carbonyl (C=O) groups excluding carboxylic acids is 2. The zero-order valence-corrected chi connectivity index (χ0v) is 18.0. The van der Waals surface area contributed by atoms with Crippen LogP contribution in [0.5, 0.6) is 0 Å². The van der Waals surface area contributed by atoms with Gasteiger partial charge in [-0.2, -0.15) is 0 Å². The molecule has 0 aliphatic carbocycles. The molecule has 2 aromatic rings. The van der Waals surface area contributed by atoms with Gasteiger partial charge in [0.15, 0.2) is 0 Å². The van der Waals surface area contributed by atoms with E-state index in [-0.39, 0.29) is 22.6 Å². The summed E-state index contributed by atoms with van der Waals surface area (Å²) in [4.78, 5) is 29.8. The van der Waals surface area contributed by atoms with E-state index in [9.17, 15) is 9.59 Å². The molecule has 2 aliphatic heterocycles. The van der Waals surface area contributed by atoms with Gasteiger partial charge in [0.1, 0.15) is 0 Å². The largest absolute Gasteiger partial charge is 0.342 e. The van der Waals surface area contributed by atoms with Crippen molar-refractivity contribution in [2.75, 3.05) is 23.7 Å². The first-order chi connectivity index (χ1) is 14.0. The van der Waals surface area contributed by atoms with E-state index in [1.807, 2.05) is 52.3 Å². The highest BCUT2D eigenvalue weighted by atomic mass is 32.2. The Morgan fingerprint density at radius 3 is 2.48 bits per heavy atom. The Labute approximate surface area is 177 Å². The molecule has 0 N–H and O–H groups in total. The van der Waals surface area contributed by atoms with Gasteiger partial charge < -0.3 is 4.90 Å². The minimum Gasteiger partial charge on any atom is -0.342 e. The molecule has 2 amide bonds. The van der Waals surface area contributed by atoms with E-state index < -0.39 is 0 Å². The molecule has 0 aromatic heterocycles. The highest BCUT2D eigenvalue weighted by Crippen LogP contribution is 2.47. The Hall–Kier alpha value is -2.27. The smallest absolute Gasteiger partial charge is 0.238 e. The van der Waals surface area contributed by atoms with Crippen LogP contribution < -0.4 is 4.90 Å². The van der Waals surface area contributed by atoms with Crippen molar-refractivity contribution in [2.45, 2.75) is 43.9 Å². The Bertz CT molecular complexity index is 891. The molecular weight excluding hydrogens is 380 g/mol. The molecule has 2 aromatic carbocycles. The Morgan fingerprint density at radius 2 is 1.83 bits per heavy atom. The summed E-state index contributed by atoms with van der Waals surface area (Å²) in [5.74, 6) is 0.820. The monoisotopic (exact) mass is 408 g/mol. The summed E-state index contributed by atoms with van der Waals surface area (Å²) in [6, 6.07) is 18.3. The van der Waals surface area contributed by atoms with Crippen molar-refractivity contribution in [1.82, 2.24) is 4.90 Å². The quantitative estimate of drug-likeness (QED) is 0.743. The van der Waals surface area contributed by atoms with Gasteiger partial charge in [0.25, 0.3) is 0 Å². The molecule has 4 nitrogen and oxygen atoms in total. The Morgan fingerprint density at radius 1 is 1.10 bits per heavy atom. The topological polar surface area (TPSA) is 40.6 Å². The fourth-order valence-corrected chi connectivity index (χ4v) is 5.93. The maximum absolute atomic E-state index is 13.2. The van der Waals surface area contributed by atoms with Gasteiger partial charge in [-0.25, -0.2) is 0 Å². The third kappa shape index (κ3) is 3.80. The van der Waals surface area contributed by atoms with Gasteiger partial charge in [-0.3, -0.25) is 14.5 Å². The third-order valence-corrected chi connectivity index (χ3v) is 7.67. The van der Waals surface area contributed by atoms with Crippen molar-refractivity contribution >= 4 is 29.3 Å². The second-order valence-corrected chi connectivity index (χ2v) is 9.34. The number of anilines is 1. The molecule has 2 fully saturated rings. The summed E-state index contributed by atoms with van der Waals surface area (Å²) in [5, 5.41) is 0. The van der Waals surface area contributed by atoms with Gasteiger partial charge >= 0.3 is 0 Å². The number of rotatable bonds is 4. The van der Waals surface area contributed by atoms with Gasteiger partial charge in [0.05, 0.1) is 16.5 Å². The van der Waals surface area contributed by atoms with Crippen LogP contribution >= 0.6 is 11.8 Å². The minimum atomic E-state index is -0.226. The number of piperidine rings is 1. The lowest BCUT2D eigenvalue weighted by Gasteiger charge is -2.44. The average molecular weight is 409 g/mol. The molecule has 2 heterocycles. The first-order valence-corrected chi connectivity index (χ1v) is 11.4. The summed E-state index contributed by atoms with van der Waals surface area (Å²) in [6.07, 6.45) is 2.43. The van der Waals surface area contributed by atoms with Crippen molar-refractivity contribution in [3.05, 3.63) is 65.7 Å². The fourth-order valence-electron chi connectivity index (χ4n) is 4.60. The van der Waals surface area contributed by atoms with Crippen molar-refractivity contribution < 1.29 is 9.59 Å². The summed E-state index contributed by atoms with van der Waals surface area (Å²) >= 11 is 1.75. The number of likely N-dealkylation sites (tertiary alicyclic amines) is 1. The predicted octanol–water partition coefficient (Wildman–Crippen LogP) is 4.59. The fraction of sp³-hybridized carbons (Fsp3) is 0.417. The molecule has 0 radical (unpaired) electrons. The maximum atomic E-state index is 13.2. The lowest BCUT2D eigenvalue weighted by atomic mass is 9.93. The van der Waals surface area contributed by atoms with Crippen LogP contribution in [-0.4, -0.2) is 40.4 Å². The molecular formula is C24H28N2O2S. The van der Waals surface area contributed by atoms with E-state index in [2.05, 4.69) is 26.0 Å². The molecule has 0 bridgehead atoms. The number of thioether (sulfide) groups is 1. The summed E-state index contributed by atoms with van der Waals surface area (Å²) in [5.41, 5.74) is 3.23. The molecule has 2 saturated heterocycles. The van der Waals surface area contributed by atoms with Crippen LogP contribution in [0.1, 0.15) is 43.2 Å². The van der Waals surface area contributed by atoms with Gasteiger partial charge in [0.2, 0.25) is 11.8 Å². The second-order valence-electron chi connectivity index (χ2n) is 8.00. The maximum Gasteiger partial charge on any atom is 0.238 e. The minimum absolute atomic E-state index is 0.0870. The molecule has 0 saturated carbocycles. The molecule has 2 aliphatic rings. The molecule has 1 atom stereocenters. The lowest BCUT2D eigenvalue weighted by molar-refractivity contribution is -0.134. The van der Waals surface area contributed by atoms with E-state index in [0.717, 1.165) is 36.1 Å². The van der Waals surface area contributed by atoms with E-state index in [0.29, 0.717) is 18.8 Å². The van der Waals surface area contributed by atoms with Crippen molar-refractivity contribution in [3.8, 4) is 0 Å². The molecule has 1 unspecified atom stereocenters. The van der Waals surface area contributed by atoms with Crippen molar-refractivity contribution in [3.63, 3.8) is 0 Å². The van der Waals surface area contributed by atoms with Gasteiger partial charge in [-0.05, 0) is 49.4 Å². The summed E-state index contributed by atoms with van der Waals surface area (Å²) in [7, 11) is 0. The highest BCUT2D eigenvalue weighted by molar-refractivity contribution is 8.02. The van der Waals surface area contributed by atoms with Crippen molar-refractivity contribution in [1.29, 1.82) is 0 Å². The normalized spacial score (nSPS) is 19.6. The number of amides is 2. The average Bonchev–Trinajstić information content (AvgIpc) is 3.05. The predicted molar refractivity (Wildman–Crippen MR) is 119 cm³/mol. The lowest BCUT2D eigenvalue weighted by Crippen LogP contribution is -2.53. The first-order valence-electron chi connectivity index (χ1n) is 10.4. The number of aryl methyl sites for hydroxylation is 1. The zero-order valence-electron chi connectivity index (χ0n) is 17.1. The SMILES string of the molecule is CCC(C(=O)N1CCC2(CC1)SCC(=O)N2c1cccc(C)c1)c1ccccc1. The first kappa shape index (κ1) is 20.0. The van der Waals surface area contributed by atoms with Crippen LogP contribution in [0.15, 0.2) is 54.6 Å². The highest BCUT2D eigenvalue weighted by Gasteiger charge is 2.49. The number of benzene rings is 2. The third-order valence-electron chi connectivity index (χ3n) is 6.15. The van der Waals surface area contributed by atoms with Crippen LogP contribution in [-0.2, 0) is 9.59 Å². The Balaban J connectivity index is 1.50. The van der Waals surface area contributed by atoms with E-state index >= 15 is 0 Å². The standard InChI is InChI=1S/C24H28N2O2S/c1-3-21(19-9-5-4-6-10-19)23(28)25-14-12-24(13-15-25)26(22(27)17-29-24)20-11-7-8-18(2)16-20/h4-11,16,21H,3,12-15,17H2,1-2H3. The molecule has 29 heavy (non-hydrogen) atoms. The van der Waals surface area contributed by atoms with Gasteiger partial charge in [-0.1, -0.05) is 49.4 Å². The van der Waals surface area contributed by atoms with Crippen LogP contribution in [0.2, 0.25) is 0 Å². The van der Waals surface area contributed by atoms with Gasteiger partial charge in [-0.15, -0.1) is 11.8 Å². The van der Waals surface area contributed by atoms with E-state index in [1.54, 1.807) is 11.8 Å². The summed E-state index contributed by atoms with van der Waals surface area (Å²) in [6.45, 7) is 5.53. The van der Waals surface area contributed by atoms with Gasteiger partial charge in [0, 0.05) is 18.8 Å². The van der Waals surface area contributed by atoms with E-state index in [4.69, 9.17) is 0 Å². The number of hydrogen-bond donors (Lipinski definition) is 0. The van der Waals surface area contributed by atoms with Crippen LogP contribution in [0, 0.1) is 6.92 Å². The molecule has 1 spiro atoms. The number of hydrogen-bond acceptors (Lipinski definition) is 3. The number of nitrogens with zero attached hydrogens (tertiary/aromatic N) is 2. The van der Waals surface area contributed by atoms with E-state index in [1.165, 1.54) is 0 Å². The summed E-state index contributed by atoms with van der Waals surface area (Å²) < 4.78 is 0.